The van der Waals surface area contributed by atoms with Crippen LogP contribution in [0.5, 0.6) is 5.75 Å². The molecule has 3 aromatic rings. The molecule has 62 heavy (non-hydrogen) atoms. The summed E-state index contributed by atoms with van der Waals surface area (Å²) < 4.78 is 23.6. The summed E-state index contributed by atoms with van der Waals surface area (Å²) in [7, 11) is 3.93. The highest BCUT2D eigenvalue weighted by Crippen LogP contribution is 2.68. The number of aliphatic hydroxyl groups is 1. The first kappa shape index (κ1) is 43.1. The van der Waals surface area contributed by atoms with Crippen LogP contribution in [0.3, 0.4) is 0 Å². The molecule has 2 aromatic carbocycles. The van der Waals surface area contributed by atoms with Crippen molar-refractivity contribution < 1.29 is 52.8 Å². The second-order valence-corrected chi connectivity index (χ2v) is 17.6. The number of aromatic amines is 1. The number of ketones is 1. The highest BCUT2D eigenvalue weighted by Gasteiger charge is 2.81. The summed E-state index contributed by atoms with van der Waals surface area (Å²) >= 11 is 0. The maximum Gasteiger partial charge on any atom is 0.344 e. The summed E-state index contributed by atoms with van der Waals surface area (Å²) in [6.45, 7) is 7.99. The fraction of sp³-hybridized carbons (Fsp3) is 0.532. The van der Waals surface area contributed by atoms with Gasteiger partial charge in [0.05, 0.1) is 33.1 Å². The Bertz CT molecular complexity index is 2390. The highest BCUT2D eigenvalue weighted by atomic mass is 16.6. The summed E-state index contributed by atoms with van der Waals surface area (Å²) in [6, 6.07) is 9.39. The van der Waals surface area contributed by atoms with E-state index in [4.69, 9.17) is 18.9 Å². The summed E-state index contributed by atoms with van der Waals surface area (Å²) in [5, 5.41) is 14.2. The number of Topliss-reactive ketones (excluding diaryl/α,β-unsaturated/α-hetero) is 1. The highest BCUT2D eigenvalue weighted by molar-refractivity contribution is 5.97. The van der Waals surface area contributed by atoms with E-state index >= 15 is 4.79 Å². The molecule has 2 amide bonds. The molecule has 8 atom stereocenters. The number of carbonyl (C=O) groups is 6. The van der Waals surface area contributed by atoms with Crippen molar-refractivity contribution in [2.45, 2.75) is 101 Å². The molecule has 0 bridgehead atoms. The summed E-state index contributed by atoms with van der Waals surface area (Å²) in [4.78, 5) is 92.2. The lowest BCUT2D eigenvalue weighted by atomic mass is 9.47. The largest absolute Gasteiger partial charge is 0.496 e. The molecule has 15 nitrogen and oxygen atoms in total. The van der Waals surface area contributed by atoms with Gasteiger partial charge in [-0.1, -0.05) is 44.2 Å². The number of rotatable bonds is 10. The normalized spacial score (nSPS) is 31.1. The number of fused-ring (bicyclic) bond motifs is 4. The van der Waals surface area contributed by atoms with Crippen LogP contribution >= 0.6 is 0 Å². The molecule has 5 aliphatic rings. The molecule has 4 aliphatic heterocycles. The SMILES string of the molecule is CCC(=O)C[C@@H]1CN(C(C)=O)CCc2c([nH]c3ccccc23)[C@@](C(=O)OC)(c2cc3c(cc2OC)N(C=O)[C@H]2[C@@](O)(C(=O)OC)[C@H](OC(C)=O)[C@]4(CC)C=CCN5CC[C@]32[C@@H]54)C1. The number of esters is 3. The molecule has 2 fully saturated rings. The number of para-hydroxylation sites is 1. The van der Waals surface area contributed by atoms with Crippen LogP contribution in [0.15, 0.2) is 48.6 Å². The Morgan fingerprint density at radius 3 is 2.35 bits per heavy atom. The van der Waals surface area contributed by atoms with Crippen molar-refractivity contribution in [2.24, 2.45) is 11.3 Å². The maximum absolute atomic E-state index is 15.4. The predicted molar refractivity (Wildman–Crippen MR) is 226 cm³/mol. The second-order valence-electron chi connectivity index (χ2n) is 17.6. The van der Waals surface area contributed by atoms with Gasteiger partial charge < -0.3 is 38.8 Å². The van der Waals surface area contributed by atoms with Crippen molar-refractivity contribution in [2.75, 3.05) is 52.4 Å². The molecule has 0 radical (unpaired) electrons. The van der Waals surface area contributed by atoms with Gasteiger partial charge in [-0.2, -0.15) is 0 Å². The van der Waals surface area contributed by atoms with Gasteiger partial charge >= 0.3 is 17.9 Å². The Labute approximate surface area is 360 Å². The zero-order valence-corrected chi connectivity index (χ0v) is 36.4. The number of benzene rings is 2. The molecule has 1 aromatic heterocycles. The molecule has 2 N–H and O–H groups in total. The smallest absolute Gasteiger partial charge is 0.344 e. The van der Waals surface area contributed by atoms with Crippen LogP contribution in [-0.2, 0) is 60.2 Å². The van der Waals surface area contributed by atoms with E-state index in [0.29, 0.717) is 67.8 Å². The van der Waals surface area contributed by atoms with Crippen molar-refractivity contribution in [3.63, 3.8) is 0 Å². The lowest BCUT2D eigenvalue weighted by molar-refractivity contribution is -0.228. The number of carbonyl (C=O) groups excluding carboxylic acids is 6. The Hall–Kier alpha value is -5.54. The van der Waals surface area contributed by atoms with Crippen molar-refractivity contribution in [3.8, 4) is 5.75 Å². The van der Waals surface area contributed by atoms with Crippen molar-refractivity contribution >= 4 is 52.6 Å². The number of nitrogens with one attached hydrogen (secondary N) is 1. The Morgan fingerprint density at radius 1 is 0.968 bits per heavy atom. The van der Waals surface area contributed by atoms with Gasteiger partial charge in [0.15, 0.2) is 6.10 Å². The van der Waals surface area contributed by atoms with Crippen LogP contribution in [0.2, 0.25) is 0 Å². The molecule has 0 unspecified atom stereocenters. The van der Waals surface area contributed by atoms with Crippen LogP contribution in [0.1, 0.15) is 82.2 Å². The topological polar surface area (TPSA) is 185 Å². The van der Waals surface area contributed by atoms with E-state index in [2.05, 4.69) is 9.88 Å². The number of hydrogen-bond acceptors (Lipinski definition) is 12. The third-order valence-electron chi connectivity index (χ3n) is 14.9. The first-order chi connectivity index (χ1) is 29.7. The minimum absolute atomic E-state index is 0.0236. The minimum atomic E-state index is -2.58. The van der Waals surface area contributed by atoms with E-state index in [1.54, 1.807) is 17.9 Å². The summed E-state index contributed by atoms with van der Waals surface area (Å²) in [5.74, 6) is -2.92. The summed E-state index contributed by atoms with van der Waals surface area (Å²) in [6.07, 6.45) is 4.45. The Balaban J connectivity index is 1.49. The van der Waals surface area contributed by atoms with E-state index < -0.39 is 63.9 Å². The molecule has 330 valence electrons. The monoisotopic (exact) mass is 852 g/mol. The second kappa shape index (κ2) is 15.7. The van der Waals surface area contributed by atoms with E-state index in [1.165, 1.54) is 33.0 Å². The molecule has 5 heterocycles. The summed E-state index contributed by atoms with van der Waals surface area (Å²) in [5.41, 5.74) is -3.24. The maximum atomic E-state index is 15.4. The zero-order valence-electron chi connectivity index (χ0n) is 36.4. The number of ether oxygens (including phenoxy) is 4. The third-order valence-corrected chi connectivity index (χ3v) is 14.9. The number of amides is 2. The third kappa shape index (κ3) is 5.83. The lowest BCUT2D eigenvalue weighted by Crippen LogP contribution is -2.81. The number of nitrogens with zero attached hydrogens (tertiary/aromatic N) is 3. The number of hydrogen-bond donors (Lipinski definition) is 2. The first-order valence-corrected chi connectivity index (χ1v) is 21.5. The Morgan fingerprint density at radius 2 is 1.71 bits per heavy atom. The Kier molecular flexibility index (Phi) is 10.9. The molecule has 15 heteroatoms. The van der Waals surface area contributed by atoms with Crippen LogP contribution < -0.4 is 9.64 Å². The molecule has 8 rings (SSSR count). The van der Waals surface area contributed by atoms with Gasteiger partial charge in [-0.3, -0.25) is 28.9 Å². The molecule has 1 saturated heterocycles. The van der Waals surface area contributed by atoms with E-state index in [1.807, 2.05) is 49.4 Å². The van der Waals surface area contributed by atoms with Gasteiger partial charge in [-0.05, 0) is 61.4 Å². The van der Waals surface area contributed by atoms with Crippen molar-refractivity contribution in [1.29, 1.82) is 0 Å². The van der Waals surface area contributed by atoms with Gasteiger partial charge in [0.1, 0.15) is 16.9 Å². The fourth-order valence-corrected chi connectivity index (χ4v) is 12.6. The fourth-order valence-electron chi connectivity index (χ4n) is 12.6. The average molecular weight is 853 g/mol. The molecule has 1 aliphatic carbocycles. The van der Waals surface area contributed by atoms with Crippen molar-refractivity contribution in [3.05, 3.63) is 70.9 Å². The molecule has 1 saturated carbocycles. The lowest BCUT2D eigenvalue weighted by Gasteiger charge is -2.63. The number of aromatic nitrogens is 1. The zero-order chi connectivity index (χ0) is 44.5. The van der Waals surface area contributed by atoms with Gasteiger partial charge in [0.2, 0.25) is 17.9 Å². The number of H-pyrrole nitrogens is 1. The van der Waals surface area contributed by atoms with Crippen LogP contribution in [-0.4, -0.2) is 127 Å². The van der Waals surface area contributed by atoms with Gasteiger partial charge in [-0.25, -0.2) is 4.79 Å². The number of methoxy groups -OCH3 is 3. The van der Waals surface area contributed by atoms with Gasteiger partial charge in [0.25, 0.3) is 0 Å². The van der Waals surface area contributed by atoms with Gasteiger partial charge in [-0.15, -0.1) is 0 Å². The first-order valence-electron chi connectivity index (χ1n) is 21.5. The minimum Gasteiger partial charge on any atom is -0.496 e. The van der Waals surface area contributed by atoms with Gasteiger partial charge in [0, 0.05) is 91.4 Å². The number of anilines is 1. The van der Waals surface area contributed by atoms with E-state index in [0.717, 1.165) is 23.6 Å². The standard InChI is InChI=1S/C47H56N4O11/c1-8-30(55)21-29-24-46(42(56)60-6,38-32(15-19-50(25-29)27(3)53)31-13-10-11-14-35(31)48-38)34-22-33-36(23-37(34)59-5)51(26-52)40-45(33)17-20-49-18-12-16-44(9-2,39(45)49)41(62-28(4)54)47(40,58)43(57)61-7/h10-14,16,22-23,26,29,39-41,48,58H,8-9,15,17-21,24-25H2,1-7H3/t29-,39-,40+,41+,44+,45+,46-,47-/m0/s1. The van der Waals surface area contributed by atoms with Crippen LogP contribution in [0, 0.1) is 11.3 Å². The van der Waals surface area contributed by atoms with Crippen molar-refractivity contribution in [1.82, 2.24) is 14.8 Å². The van der Waals surface area contributed by atoms with E-state index in [-0.39, 0.29) is 43.2 Å². The predicted octanol–water partition coefficient (Wildman–Crippen LogP) is 3.89. The molecular weight excluding hydrogens is 797 g/mol. The molecule has 1 spiro atoms. The van der Waals surface area contributed by atoms with E-state index in [9.17, 15) is 29.1 Å². The average Bonchev–Trinajstić information content (AvgIpc) is 3.95. The quantitative estimate of drug-likeness (QED) is 0.130. The van der Waals surface area contributed by atoms with Crippen LogP contribution in [0.25, 0.3) is 10.9 Å². The van der Waals surface area contributed by atoms with Crippen LogP contribution in [0.4, 0.5) is 5.69 Å². The molecular formula is C47H56N4O11.